The van der Waals surface area contributed by atoms with Gasteiger partial charge in [-0.2, -0.15) is 0 Å². The van der Waals surface area contributed by atoms with Crippen molar-refractivity contribution in [3.8, 4) is 39.4 Å². The molecule has 0 saturated heterocycles. The van der Waals surface area contributed by atoms with E-state index in [2.05, 4.69) is 185 Å². The van der Waals surface area contributed by atoms with Crippen molar-refractivity contribution in [3.05, 3.63) is 212 Å². The molecular formula is C53H35N3O. The lowest BCUT2D eigenvalue weighted by Gasteiger charge is -2.28. The van der Waals surface area contributed by atoms with Crippen LogP contribution in [0.15, 0.2) is 217 Å². The molecule has 0 spiro atoms. The van der Waals surface area contributed by atoms with Crippen LogP contribution in [-0.2, 0) is 0 Å². The number of fused-ring (bicyclic) bond motifs is 6. The first-order chi connectivity index (χ1) is 28.3. The highest BCUT2D eigenvalue weighted by Crippen LogP contribution is 2.44. The van der Waals surface area contributed by atoms with Crippen LogP contribution in [0.1, 0.15) is 0 Å². The van der Waals surface area contributed by atoms with Crippen molar-refractivity contribution in [2.24, 2.45) is 0 Å². The molecule has 0 saturated carbocycles. The molecule has 0 aliphatic rings. The minimum Gasteiger partial charge on any atom is -0.436 e. The summed E-state index contributed by atoms with van der Waals surface area (Å²) in [6.07, 6.45) is 0. The number of hydrogen-bond acceptors (Lipinski definition) is 3. The summed E-state index contributed by atoms with van der Waals surface area (Å²) in [5.74, 6) is 0.631. The van der Waals surface area contributed by atoms with E-state index >= 15 is 0 Å². The van der Waals surface area contributed by atoms with Gasteiger partial charge in [0.2, 0.25) is 5.89 Å². The summed E-state index contributed by atoms with van der Waals surface area (Å²) < 4.78 is 8.60. The molecule has 2 aromatic heterocycles. The van der Waals surface area contributed by atoms with Crippen molar-refractivity contribution in [3.63, 3.8) is 0 Å². The maximum Gasteiger partial charge on any atom is 0.227 e. The van der Waals surface area contributed by atoms with Gasteiger partial charge in [-0.25, -0.2) is 4.98 Å². The predicted molar refractivity (Wildman–Crippen MR) is 237 cm³/mol. The van der Waals surface area contributed by atoms with Gasteiger partial charge in [0.25, 0.3) is 0 Å². The number of anilines is 3. The zero-order valence-corrected chi connectivity index (χ0v) is 31.0. The van der Waals surface area contributed by atoms with E-state index in [0.717, 1.165) is 66.9 Å². The van der Waals surface area contributed by atoms with E-state index in [9.17, 15) is 0 Å². The summed E-state index contributed by atoms with van der Waals surface area (Å²) in [7, 11) is 0. The zero-order chi connectivity index (χ0) is 37.7. The Labute approximate surface area is 330 Å². The second-order valence-corrected chi connectivity index (χ2v) is 14.4. The van der Waals surface area contributed by atoms with Crippen molar-refractivity contribution in [2.75, 3.05) is 4.90 Å². The second-order valence-electron chi connectivity index (χ2n) is 14.4. The topological polar surface area (TPSA) is 34.2 Å². The number of rotatable bonds is 7. The first kappa shape index (κ1) is 32.7. The molecule has 11 aromatic rings. The Morgan fingerprint density at radius 2 is 1.05 bits per heavy atom. The summed E-state index contributed by atoms with van der Waals surface area (Å²) in [6.45, 7) is 0. The quantitative estimate of drug-likeness (QED) is 0.164. The van der Waals surface area contributed by atoms with E-state index in [1.54, 1.807) is 0 Å². The minimum atomic E-state index is 0.631. The molecule has 4 nitrogen and oxygen atoms in total. The van der Waals surface area contributed by atoms with Gasteiger partial charge in [-0.15, -0.1) is 0 Å². The smallest absolute Gasteiger partial charge is 0.227 e. The number of para-hydroxylation sites is 3. The van der Waals surface area contributed by atoms with Crippen LogP contribution in [-0.4, -0.2) is 9.55 Å². The molecule has 0 atom stereocenters. The number of benzene rings is 9. The van der Waals surface area contributed by atoms with Crippen molar-refractivity contribution >= 4 is 60.7 Å². The largest absolute Gasteiger partial charge is 0.436 e. The van der Waals surface area contributed by atoms with E-state index in [-0.39, 0.29) is 0 Å². The molecule has 57 heavy (non-hydrogen) atoms. The van der Waals surface area contributed by atoms with E-state index in [0.29, 0.717) is 5.89 Å². The lowest BCUT2D eigenvalue weighted by atomic mass is 9.99. The summed E-state index contributed by atoms with van der Waals surface area (Å²) in [4.78, 5) is 7.36. The maximum atomic E-state index is 6.23. The molecule has 4 heteroatoms. The van der Waals surface area contributed by atoms with Crippen LogP contribution in [0.5, 0.6) is 0 Å². The first-order valence-electron chi connectivity index (χ1n) is 19.3. The van der Waals surface area contributed by atoms with Gasteiger partial charge >= 0.3 is 0 Å². The van der Waals surface area contributed by atoms with Gasteiger partial charge in [0.05, 0.1) is 16.7 Å². The second kappa shape index (κ2) is 13.6. The molecule has 11 rings (SSSR count). The Hall–Kier alpha value is -7.69. The molecule has 0 aliphatic carbocycles. The van der Waals surface area contributed by atoms with Gasteiger partial charge in [-0.3, -0.25) is 0 Å². The van der Waals surface area contributed by atoms with Crippen LogP contribution >= 0.6 is 0 Å². The Bertz CT molecular complexity index is 3220. The Morgan fingerprint density at radius 3 is 1.86 bits per heavy atom. The zero-order valence-electron chi connectivity index (χ0n) is 31.0. The Balaban J connectivity index is 1.05. The van der Waals surface area contributed by atoms with Crippen molar-refractivity contribution in [1.29, 1.82) is 0 Å². The highest BCUT2D eigenvalue weighted by atomic mass is 16.3. The molecule has 0 aliphatic heterocycles. The predicted octanol–water partition coefficient (Wildman–Crippen LogP) is 14.5. The van der Waals surface area contributed by atoms with Gasteiger partial charge in [0.15, 0.2) is 5.58 Å². The molecule has 0 unspecified atom stereocenters. The van der Waals surface area contributed by atoms with Crippen molar-refractivity contribution < 1.29 is 4.42 Å². The minimum absolute atomic E-state index is 0.631. The van der Waals surface area contributed by atoms with E-state index in [4.69, 9.17) is 9.40 Å². The van der Waals surface area contributed by atoms with Gasteiger partial charge in [-0.1, -0.05) is 133 Å². The number of aromatic nitrogens is 2. The number of nitrogens with zero attached hydrogens (tertiary/aromatic N) is 3. The standard InChI is InChI=1S/C53H35N3O/c1-4-14-37(15-5-1)44-20-10-12-22-48(44)55(43-31-32-50-47(35-43)45-21-11-13-23-49(45)56(50)41-18-8-3-9-19-41)42-29-26-36(27-30-42)40-25-24-38-28-33-51-52(46(38)34-40)54-53(57-51)39-16-6-2-7-17-39/h1-35H. The van der Waals surface area contributed by atoms with Crippen LogP contribution in [0, 0.1) is 0 Å². The summed E-state index contributed by atoms with van der Waals surface area (Å²) in [6, 6.07) is 75.3. The van der Waals surface area contributed by atoms with Crippen LogP contribution in [0.3, 0.4) is 0 Å². The first-order valence-corrected chi connectivity index (χ1v) is 19.3. The average Bonchev–Trinajstić information content (AvgIpc) is 3.88. The Morgan fingerprint density at radius 1 is 0.421 bits per heavy atom. The van der Waals surface area contributed by atoms with Crippen LogP contribution in [0.4, 0.5) is 17.1 Å². The van der Waals surface area contributed by atoms with E-state index < -0.39 is 0 Å². The van der Waals surface area contributed by atoms with E-state index in [1.165, 1.54) is 27.4 Å². The molecule has 0 N–H and O–H groups in total. The molecule has 0 amide bonds. The molecule has 2 heterocycles. The molecular weight excluding hydrogens is 695 g/mol. The summed E-state index contributed by atoms with van der Waals surface area (Å²) in [5, 5.41) is 4.62. The Kier molecular flexibility index (Phi) is 7.78. The molecule has 9 aromatic carbocycles. The maximum absolute atomic E-state index is 6.23. The number of hydrogen-bond donors (Lipinski definition) is 0. The average molecular weight is 730 g/mol. The van der Waals surface area contributed by atoms with Gasteiger partial charge in [-0.05, 0) is 101 Å². The van der Waals surface area contributed by atoms with Crippen LogP contribution in [0.25, 0.3) is 83.1 Å². The third kappa shape index (κ3) is 5.66. The fraction of sp³-hybridized carbons (Fsp3) is 0. The summed E-state index contributed by atoms with van der Waals surface area (Å²) in [5.41, 5.74) is 14.0. The lowest BCUT2D eigenvalue weighted by molar-refractivity contribution is 0.620. The molecule has 0 fully saturated rings. The number of oxazole rings is 1. The van der Waals surface area contributed by atoms with Crippen molar-refractivity contribution in [1.82, 2.24) is 9.55 Å². The van der Waals surface area contributed by atoms with Crippen molar-refractivity contribution in [2.45, 2.75) is 0 Å². The molecule has 0 radical (unpaired) electrons. The summed E-state index contributed by atoms with van der Waals surface area (Å²) >= 11 is 0. The third-order valence-electron chi connectivity index (χ3n) is 11.0. The highest BCUT2D eigenvalue weighted by molar-refractivity contribution is 6.11. The van der Waals surface area contributed by atoms with E-state index in [1.807, 2.05) is 36.4 Å². The van der Waals surface area contributed by atoms with Gasteiger partial charge in [0.1, 0.15) is 5.52 Å². The third-order valence-corrected chi connectivity index (χ3v) is 11.0. The lowest BCUT2D eigenvalue weighted by Crippen LogP contribution is -2.11. The highest BCUT2D eigenvalue weighted by Gasteiger charge is 2.20. The molecule has 0 bridgehead atoms. The molecule has 268 valence electrons. The fourth-order valence-electron chi connectivity index (χ4n) is 8.31. The van der Waals surface area contributed by atoms with Gasteiger partial charge < -0.3 is 13.9 Å². The van der Waals surface area contributed by atoms with Gasteiger partial charge in [0, 0.05) is 44.3 Å². The fourth-order valence-corrected chi connectivity index (χ4v) is 8.31. The normalized spacial score (nSPS) is 11.5. The van der Waals surface area contributed by atoms with Crippen LogP contribution in [0.2, 0.25) is 0 Å². The van der Waals surface area contributed by atoms with Crippen LogP contribution < -0.4 is 4.90 Å². The SMILES string of the molecule is c1ccc(-c2nc3c(ccc4ccc(-c5ccc(N(c6ccc7c(c6)c6ccccc6n7-c6ccccc6)c6ccccc6-c6ccccc6)cc5)cc43)o2)cc1. The monoisotopic (exact) mass is 729 g/mol.